The molecule has 0 unspecified atom stereocenters. The largest absolute Gasteiger partial charge is 0.501 e. The number of carbonyl (C=O) groups excluding carboxylic acids is 1. The first-order valence-electron chi connectivity index (χ1n) is 9.39. The number of hydrazone groups is 1. The first-order valence-corrected chi connectivity index (χ1v) is 9.39. The summed E-state index contributed by atoms with van der Waals surface area (Å²) in [7, 11) is 1.45. The molecule has 12 heteroatoms. The number of amidine groups is 1. The van der Waals surface area contributed by atoms with Gasteiger partial charge < -0.3 is 20.9 Å². The molecule has 1 aliphatic heterocycles. The Kier molecular flexibility index (Phi) is 5.95. The van der Waals surface area contributed by atoms with Crippen molar-refractivity contribution in [2.24, 2.45) is 16.7 Å². The zero-order chi connectivity index (χ0) is 22.9. The molecule has 1 amide bonds. The van der Waals surface area contributed by atoms with Crippen LogP contribution >= 0.6 is 0 Å². The van der Waals surface area contributed by atoms with Gasteiger partial charge in [0.25, 0.3) is 11.5 Å². The Morgan fingerprint density at radius 2 is 2.19 bits per heavy atom. The molecule has 11 nitrogen and oxygen atoms in total. The molecule has 6 N–H and O–H groups in total. The minimum atomic E-state index is -0.913. The zero-order valence-corrected chi connectivity index (χ0v) is 17.3. The predicted molar refractivity (Wildman–Crippen MR) is 109 cm³/mol. The molecule has 0 saturated heterocycles. The van der Waals surface area contributed by atoms with Crippen LogP contribution in [0.25, 0.3) is 0 Å². The van der Waals surface area contributed by atoms with E-state index in [9.17, 15) is 19.1 Å². The van der Waals surface area contributed by atoms with Crippen LogP contribution in [0, 0.1) is 5.82 Å². The van der Waals surface area contributed by atoms with Gasteiger partial charge in [0.1, 0.15) is 17.2 Å². The standard InChI is InChI=1S/C19H24FN7O4/c1-19(2)18-24-13(14(28)17(30)27(18)6-7-31-19)16(29)23-9-10-4-5-11(20)8-12(10)15(21)25-26(3)22/h4-5,8,28H,6-7,9,22H2,1-3H3,(H2,21,25)(H,23,29). The van der Waals surface area contributed by atoms with Crippen LogP contribution in [0.15, 0.2) is 28.1 Å². The van der Waals surface area contributed by atoms with Crippen LogP contribution in [0.5, 0.6) is 5.75 Å². The SMILES string of the molecule is CN(N)/N=C(\N)c1cc(F)ccc1CNC(=O)c1nc2n(c(=O)c1O)CCOC2(C)C. The van der Waals surface area contributed by atoms with Crippen molar-refractivity contribution >= 4 is 11.7 Å². The lowest BCUT2D eigenvalue weighted by Crippen LogP contribution is -2.42. The predicted octanol–water partition coefficient (Wildman–Crippen LogP) is -0.291. The van der Waals surface area contributed by atoms with Crippen LogP contribution in [-0.2, 0) is 23.4 Å². The lowest BCUT2D eigenvalue weighted by atomic mass is 10.1. The van der Waals surface area contributed by atoms with E-state index in [1.54, 1.807) is 13.8 Å². The molecular formula is C19H24FN7O4. The summed E-state index contributed by atoms with van der Waals surface area (Å²) in [6.07, 6.45) is 0. The van der Waals surface area contributed by atoms with Crippen LogP contribution < -0.4 is 22.5 Å². The van der Waals surface area contributed by atoms with Gasteiger partial charge in [0.2, 0.25) is 5.75 Å². The van der Waals surface area contributed by atoms with Gasteiger partial charge in [-0.3, -0.25) is 14.2 Å². The molecule has 0 radical (unpaired) electrons. The van der Waals surface area contributed by atoms with Crippen molar-refractivity contribution in [3.05, 3.63) is 57.0 Å². The monoisotopic (exact) mass is 433 g/mol. The van der Waals surface area contributed by atoms with E-state index in [2.05, 4.69) is 15.4 Å². The third-order valence-electron chi connectivity index (χ3n) is 4.73. The number of fused-ring (bicyclic) bond motifs is 1. The Hall–Kier alpha value is -3.51. The highest BCUT2D eigenvalue weighted by Gasteiger charge is 2.34. The number of aromatic nitrogens is 2. The number of nitrogens with zero attached hydrogens (tertiary/aromatic N) is 4. The quantitative estimate of drug-likeness (QED) is 0.216. The highest BCUT2D eigenvalue weighted by molar-refractivity contribution is 5.99. The van der Waals surface area contributed by atoms with E-state index in [-0.39, 0.29) is 36.9 Å². The number of rotatable bonds is 5. The minimum absolute atomic E-state index is 0.0550. The van der Waals surface area contributed by atoms with Gasteiger partial charge in [-0.15, -0.1) is 5.10 Å². The maximum Gasteiger partial charge on any atom is 0.296 e. The van der Waals surface area contributed by atoms with Crippen molar-refractivity contribution in [1.82, 2.24) is 20.0 Å². The van der Waals surface area contributed by atoms with E-state index in [0.29, 0.717) is 5.56 Å². The fraction of sp³-hybridized carbons (Fsp3) is 0.368. The molecule has 1 aromatic heterocycles. The number of halogens is 1. The number of nitrogens with two attached hydrogens (primary N) is 2. The molecular weight excluding hydrogens is 409 g/mol. The zero-order valence-electron chi connectivity index (χ0n) is 17.3. The highest BCUT2D eigenvalue weighted by atomic mass is 19.1. The van der Waals surface area contributed by atoms with Crippen LogP contribution in [-0.4, -0.2) is 45.2 Å². The second kappa shape index (κ2) is 8.32. The molecule has 0 spiro atoms. The fourth-order valence-electron chi connectivity index (χ4n) is 3.25. The first-order chi connectivity index (χ1) is 14.5. The highest BCUT2D eigenvalue weighted by Crippen LogP contribution is 2.27. The van der Waals surface area contributed by atoms with E-state index in [4.69, 9.17) is 16.3 Å². The molecule has 1 aromatic carbocycles. The number of aromatic hydroxyl groups is 1. The van der Waals surface area contributed by atoms with Gasteiger partial charge >= 0.3 is 0 Å². The second-order valence-electron chi connectivity index (χ2n) is 7.49. The number of benzene rings is 1. The number of hydrazine groups is 1. The van der Waals surface area contributed by atoms with Crippen LogP contribution in [0.4, 0.5) is 4.39 Å². The minimum Gasteiger partial charge on any atom is -0.501 e. The summed E-state index contributed by atoms with van der Waals surface area (Å²) in [6.45, 7) is 3.82. The van der Waals surface area contributed by atoms with Gasteiger partial charge in [0, 0.05) is 19.2 Å². The van der Waals surface area contributed by atoms with Crippen molar-refractivity contribution in [3.8, 4) is 5.75 Å². The summed E-state index contributed by atoms with van der Waals surface area (Å²) in [5, 5.41) is 17.6. The summed E-state index contributed by atoms with van der Waals surface area (Å²) in [4.78, 5) is 29.5. The molecule has 2 aromatic rings. The van der Waals surface area contributed by atoms with Crippen molar-refractivity contribution in [2.75, 3.05) is 13.7 Å². The van der Waals surface area contributed by atoms with Gasteiger partial charge in [-0.2, -0.15) is 0 Å². The van der Waals surface area contributed by atoms with Gasteiger partial charge in [-0.05, 0) is 31.5 Å². The Morgan fingerprint density at radius 3 is 2.87 bits per heavy atom. The maximum atomic E-state index is 13.7. The van der Waals surface area contributed by atoms with E-state index in [0.717, 1.165) is 11.2 Å². The van der Waals surface area contributed by atoms with Crippen LogP contribution in [0.1, 0.15) is 41.3 Å². The van der Waals surface area contributed by atoms with E-state index in [1.807, 2.05) is 0 Å². The summed E-state index contributed by atoms with van der Waals surface area (Å²) in [6, 6.07) is 3.78. The summed E-state index contributed by atoms with van der Waals surface area (Å²) in [5.41, 5.74) is 4.48. The molecule has 31 heavy (non-hydrogen) atoms. The average molecular weight is 433 g/mol. The molecule has 0 fully saturated rings. The number of amides is 1. The molecule has 0 aliphatic carbocycles. The Bertz CT molecular complexity index is 1110. The summed E-state index contributed by atoms with van der Waals surface area (Å²) in [5.74, 6) is 3.53. The maximum absolute atomic E-state index is 13.7. The smallest absolute Gasteiger partial charge is 0.296 e. The molecule has 2 heterocycles. The van der Waals surface area contributed by atoms with Crippen LogP contribution in [0.3, 0.4) is 0 Å². The third kappa shape index (κ3) is 4.49. The Morgan fingerprint density at radius 1 is 1.48 bits per heavy atom. The molecule has 0 atom stereocenters. The fourth-order valence-corrected chi connectivity index (χ4v) is 3.25. The number of hydrogen-bond acceptors (Lipinski definition) is 8. The molecule has 1 aliphatic rings. The number of ether oxygens (including phenoxy) is 1. The van der Waals surface area contributed by atoms with Crippen molar-refractivity contribution in [3.63, 3.8) is 0 Å². The Labute approximate surface area is 177 Å². The van der Waals surface area contributed by atoms with Gasteiger partial charge in [-0.1, -0.05) is 6.07 Å². The van der Waals surface area contributed by atoms with Crippen LogP contribution in [0.2, 0.25) is 0 Å². The van der Waals surface area contributed by atoms with Gasteiger partial charge in [-0.25, -0.2) is 20.3 Å². The lowest BCUT2D eigenvalue weighted by molar-refractivity contribution is -0.0566. The molecule has 0 saturated carbocycles. The van der Waals surface area contributed by atoms with E-state index < -0.39 is 34.3 Å². The molecule has 166 valence electrons. The number of hydrogen-bond donors (Lipinski definition) is 4. The van der Waals surface area contributed by atoms with Crippen molar-refractivity contribution in [1.29, 1.82) is 0 Å². The van der Waals surface area contributed by atoms with Gasteiger partial charge in [0.15, 0.2) is 11.5 Å². The average Bonchev–Trinajstić information content (AvgIpc) is 2.69. The first kappa shape index (κ1) is 22.2. The van der Waals surface area contributed by atoms with Gasteiger partial charge in [0.05, 0.1) is 13.2 Å². The lowest BCUT2D eigenvalue weighted by Gasteiger charge is -2.32. The number of nitrogens with one attached hydrogen (secondary N) is 1. The molecule has 0 bridgehead atoms. The Balaban J connectivity index is 1.91. The summed E-state index contributed by atoms with van der Waals surface area (Å²) >= 11 is 0. The van der Waals surface area contributed by atoms with E-state index in [1.165, 1.54) is 23.7 Å². The second-order valence-corrected chi connectivity index (χ2v) is 7.49. The third-order valence-corrected chi connectivity index (χ3v) is 4.73. The summed E-state index contributed by atoms with van der Waals surface area (Å²) < 4.78 is 20.6. The number of carbonyl (C=O) groups is 1. The topological polar surface area (TPSA) is 161 Å². The van der Waals surface area contributed by atoms with Crippen molar-refractivity contribution in [2.45, 2.75) is 32.5 Å². The molecule has 3 rings (SSSR count). The normalized spacial score (nSPS) is 15.3. The van der Waals surface area contributed by atoms with E-state index >= 15 is 0 Å². The van der Waals surface area contributed by atoms with Crippen molar-refractivity contribution < 1.29 is 19.0 Å².